The third kappa shape index (κ3) is 6.48. The van der Waals surface area contributed by atoms with E-state index in [1.807, 2.05) is 72.8 Å². The number of hydrogen-bond acceptors (Lipinski definition) is 6. The van der Waals surface area contributed by atoms with E-state index in [2.05, 4.69) is 5.32 Å². The molecule has 1 heterocycles. The lowest BCUT2D eigenvalue weighted by Gasteiger charge is -2.33. The molecule has 1 aliphatic rings. The average molecular weight is 503 g/mol. The first-order chi connectivity index (χ1) is 16.1. The summed E-state index contributed by atoms with van der Waals surface area (Å²) in [6.07, 6.45) is 0. The van der Waals surface area contributed by atoms with Crippen LogP contribution in [0.4, 0.5) is 5.69 Å². The molecule has 172 valence electrons. The molecule has 0 radical (unpaired) electrons. The Kier molecular flexibility index (Phi) is 8.62. The Bertz CT molecular complexity index is 1090. The van der Waals surface area contributed by atoms with Crippen molar-refractivity contribution in [3.63, 3.8) is 0 Å². The van der Waals surface area contributed by atoms with Crippen molar-refractivity contribution >= 4 is 44.0 Å². The van der Waals surface area contributed by atoms with Crippen molar-refractivity contribution in [2.24, 2.45) is 0 Å². The molecule has 0 spiro atoms. The minimum atomic E-state index is -0.645. The molecule has 3 aromatic carbocycles. The predicted molar refractivity (Wildman–Crippen MR) is 133 cm³/mol. The Morgan fingerprint density at radius 3 is 2.70 bits per heavy atom. The zero-order chi connectivity index (χ0) is 23.0. The molecular weight excluding hydrogens is 479 g/mol. The summed E-state index contributed by atoms with van der Waals surface area (Å²) in [6, 6.07) is 23.2. The second kappa shape index (κ2) is 11.8. The van der Waals surface area contributed by atoms with E-state index in [9.17, 15) is 4.79 Å². The van der Waals surface area contributed by atoms with E-state index >= 15 is 0 Å². The summed E-state index contributed by atoms with van der Waals surface area (Å²) >= 11 is 8.15. The number of rotatable bonds is 9. The van der Waals surface area contributed by atoms with Crippen LogP contribution in [0, 0.1) is 0 Å². The fraction of sp³-hybridized carbons (Fsp3) is 0.208. The van der Waals surface area contributed by atoms with Gasteiger partial charge in [0.2, 0.25) is 5.91 Å². The van der Waals surface area contributed by atoms with Gasteiger partial charge >= 0.3 is 0 Å². The maximum Gasteiger partial charge on any atom is 0.246 e. The summed E-state index contributed by atoms with van der Waals surface area (Å²) in [5, 5.41) is 3.62. The minimum absolute atomic E-state index is 0.120. The standard InChI is InChI=1S/C24H24ClN2O4PS/c25-21-14-20(9-10-23(21)27-12-11-26-22(24(27)28)16-31-32-29)33-19-8-4-7-18(13-19)30-15-17-5-2-1-3-6-17/h1-10,13-14,22,26,29,32H,11-12,15-16H2. The molecular formula is C24H24ClN2O4PS. The van der Waals surface area contributed by atoms with Gasteiger partial charge in [0.25, 0.3) is 0 Å². The topological polar surface area (TPSA) is 71.0 Å². The summed E-state index contributed by atoms with van der Waals surface area (Å²) in [4.78, 5) is 25.3. The number of piperazine rings is 1. The summed E-state index contributed by atoms with van der Waals surface area (Å²) in [6.45, 7) is 1.78. The van der Waals surface area contributed by atoms with Gasteiger partial charge in [-0.15, -0.1) is 0 Å². The van der Waals surface area contributed by atoms with Gasteiger partial charge in [-0.3, -0.25) is 4.79 Å². The van der Waals surface area contributed by atoms with Gasteiger partial charge < -0.3 is 24.4 Å². The molecule has 0 saturated carbocycles. The zero-order valence-electron chi connectivity index (χ0n) is 17.7. The number of halogens is 1. The van der Waals surface area contributed by atoms with Crippen LogP contribution in [-0.4, -0.2) is 36.5 Å². The molecule has 33 heavy (non-hydrogen) atoms. The SMILES string of the molecule is O=C1C(COPO)NCCN1c1ccc(Sc2cccc(OCc3ccccc3)c2)cc1Cl. The number of amides is 1. The van der Waals surface area contributed by atoms with Gasteiger partial charge in [-0.1, -0.05) is 59.8 Å². The Hall–Kier alpha value is -2.12. The third-order valence-electron chi connectivity index (χ3n) is 5.10. The average Bonchev–Trinajstić information content (AvgIpc) is 2.84. The predicted octanol–water partition coefficient (Wildman–Crippen LogP) is 4.89. The molecule has 1 fully saturated rings. The van der Waals surface area contributed by atoms with Crippen molar-refractivity contribution < 1.29 is 18.9 Å². The highest BCUT2D eigenvalue weighted by atomic mass is 35.5. The molecule has 2 atom stereocenters. The molecule has 1 aliphatic heterocycles. The van der Waals surface area contributed by atoms with E-state index in [0.717, 1.165) is 21.1 Å². The van der Waals surface area contributed by atoms with Crippen molar-refractivity contribution in [3.05, 3.63) is 83.4 Å². The molecule has 0 aliphatic carbocycles. The lowest BCUT2D eigenvalue weighted by Crippen LogP contribution is -2.56. The van der Waals surface area contributed by atoms with Crippen LogP contribution >= 0.6 is 32.4 Å². The number of hydrogen-bond donors (Lipinski definition) is 2. The van der Waals surface area contributed by atoms with Crippen LogP contribution in [0.2, 0.25) is 5.02 Å². The molecule has 3 aromatic rings. The lowest BCUT2D eigenvalue weighted by atomic mass is 10.1. The summed E-state index contributed by atoms with van der Waals surface area (Å²) in [5.74, 6) is 0.680. The highest BCUT2D eigenvalue weighted by Gasteiger charge is 2.30. The number of ether oxygens (including phenoxy) is 1. The maximum atomic E-state index is 12.8. The molecule has 1 amide bonds. The second-order valence-corrected chi connectivity index (χ2v) is 9.39. The Labute approximate surface area is 204 Å². The molecule has 1 saturated heterocycles. The van der Waals surface area contributed by atoms with Crippen molar-refractivity contribution in [3.8, 4) is 5.75 Å². The van der Waals surface area contributed by atoms with Gasteiger partial charge in [0.15, 0.2) is 9.03 Å². The second-order valence-electron chi connectivity index (χ2n) is 7.36. The van der Waals surface area contributed by atoms with Gasteiger partial charge in [0, 0.05) is 22.9 Å². The molecule has 0 bridgehead atoms. The van der Waals surface area contributed by atoms with E-state index in [0.29, 0.717) is 30.4 Å². The number of nitrogens with one attached hydrogen (secondary N) is 1. The van der Waals surface area contributed by atoms with Gasteiger partial charge in [-0.25, -0.2) is 0 Å². The molecule has 6 nitrogen and oxygen atoms in total. The summed E-state index contributed by atoms with van der Waals surface area (Å²) in [5.41, 5.74) is 1.79. The fourth-order valence-corrected chi connectivity index (χ4v) is 5.00. The van der Waals surface area contributed by atoms with Crippen molar-refractivity contribution in [2.45, 2.75) is 22.4 Å². The maximum absolute atomic E-state index is 12.8. The highest BCUT2D eigenvalue weighted by molar-refractivity contribution is 7.99. The smallest absolute Gasteiger partial charge is 0.246 e. The molecule has 2 N–H and O–H groups in total. The van der Waals surface area contributed by atoms with E-state index in [4.69, 9.17) is 25.8 Å². The van der Waals surface area contributed by atoms with Crippen LogP contribution in [0.3, 0.4) is 0 Å². The van der Waals surface area contributed by atoms with Crippen molar-refractivity contribution in [2.75, 3.05) is 24.6 Å². The minimum Gasteiger partial charge on any atom is -0.489 e. The van der Waals surface area contributed by atoms with Crippen LogP contribution in [0.15, 0.2) is 82.6 Å². The summed E-state index contributed by atoms with van der Waals surface area (Å²) in [7, 11) is -0.645. The zero-order valence-corrected chi connectivity index (χ0v) is 20.3. The molecule has 2 unspecified atom stereocenters. The van der Waals surface area contributed by atoms with E-state index in [1.54, 1.807) is 16.7 Å². The van der Waals surface area contributed by atoms with Gasteiger partial charge in [0.1, 0.15) is 18.4 Å². The fourth-order valence-electron chi connectivity index (χ4n) is 3.50. The number of carbonyl (C=O) groups excluding carboxylic acids is 1. The van der Waals surface area contributed by atoms with Gasteiger partial charge in [-0.05, 0) is 42.0 Å². The largest absolute Gasteiger partial charge is 0.489 e. The Morgan fingerprint density at radius 1 is 1.09 bits per heavy atom. The first kappa shape index (κ1) is 24.0. The van der Waals surface area contributed by atoms with Crippen LogP contribution in [0.5, 0.6) is 5.75 Å². The van der Waals surface area contributed by atoms with Crippen LogP contribution in [0.25, 0.3) is 0 Å². The quantitative estimate of drug-likeness (QED) is 0.406. The number of benzene rings is 3. The number of nitrogens with zero attached hydrogens (tertiary/aromatic N) is 1. The first-order valence-electron chi connectivity index (χ1n) is 10.4. The molecule has 9 heteroatoms. The normalized spacial score (nSPS) is 16.5. The van der Waals surface area contributed by atoms with Gasteiger partial charge in [0.05, 0.1) is 17.3 Å². The van der Waals surface area contributed by atoms with Crippen LogP contribution < -0.4 is 15.0 Å². The van der Waals surface area contributed by atoms with E-state index < -0.39 is 15.1 Å². The highest BCUT2D eigenvalue weighted by Crippen LogP contribution is 2.36. The number of anilines is 1. The third-order valence-corrected chi connectivity index (χ3v) is 6.68. The van der Waals surface area contributed by atoms with Gasteiger partial charge in [-0.2, -0.15) is 0 Å². The monoisotopic (exact) mass is 502 g/mol. The van der Waals surface area contributed by atoms with Crippen LogP contribution in [-0.2, 0) is 15.9 Å². The Balaban J connectivity index is 1.42. The first-order valence-corrected chi connectivity index (χ1v) is 12.5. The molecule has 4 rings (SSSR count). The van der Waals surface area contributed by atoms with E-state index in [-0.39, 0.29) is 12.5 Å². The Morgan fingerprint density at radius 2 is 1.91 bits per heavy atom. The van der Waals surface area contributed by atoms with E-state index in [1.165, 1.54) is 0 Å². The summed E-state index contributed by atoms with van der Waals surface area (Å²) < 4.78 is 10.9. The lowest BCUT2D eigenvalue weighted by molar-refractivity contribution is -0.122. The molecule has 0 aromatic heterocycles. The van der Waals surface area contributed by atoms with Crippen molar-refractivity contribution in [1.82, 2.24) is 5.32 Å². The van der Waals surface area contributed by atoms with Crippen LogP contribution in [0.1, 0.15) is 5.56 Å². The van der Waals surface area contributed by atoms with Crippen molar-refractivity contribution in [1.29, 1.82) is 0 Å². The number of carbonyl (C=O) groups is 1.